The van der Waals surface area contributed by atoms with Crippen LogP contribution in [-0.4, -0.2) is 17.8 Å². The largest absolute Gasteiger partial charge is 0.491 e. The molecule has 0 saturated heterocycles. The first-order valence-electron chi connectivity index (χ1n) is 6.22. The van der Waals surface area contributed by atoms with Crippen molar-refractivity contribution in [2.45, 2.75) is 45.3 Å². The molecule has 3 N–H and O–H groups in total. The Bertz CT molecular complexity index is 352. The summed E-state index contributed by atoms with van der Waals surface area (Å²) < 4.78 is 5.72. The maximum Gasteiger partial charge on any atom is 0.125 e. The highest BCUT2D eigenvalue weighted by atomic mass is 16.5. The summed E-state index contributed by atoms with van der Waals surface area (Å²) in [7, 11) is 0. The highest BCUT2D eigenvalue weighted by molar-refractivity contribution is 5.38. The van der Waals surface area contributed by atoms with E-state index in [1.807, 2.05) is 45.0 Å². The van der Waals surface area contributed by atoms with Gasteiger partial charge >= 0.3 is 0 Å². The van der Waals surface area contributed by atoms with Crippen LogP contribution in [0.25, 0.3) is 0 Å². The fourth-order valence-electron chi connectivity index (χ4n) is 1.97. The monoisotopic (exact) mass is 237 g/mol. The minimum Gasteiger partial charge on any atom is -0.491 e. The molecule has 3 nitrogen and oxygen atoms in total. The molecule has 3 heteroatoms. The van der Waals surface area contributed by atoms with Gasteiger partial charge in [0, 0.05) is 12.1 Å². The molecule has 0 aliphatic heterocycles. The summed E-state index contributed by atoms with van der Waals surface area (Å²) >= 11 is 0. The lowest BCUT2D eigenvalue weighted by molar-refractivity contribution is 0.0320. The van der Waals surface area contributed by atoms with Crippen LogP contribution in [0.15, 0.2) is 24.3 Å². The predicted molar refractivity (Wildman–Crippen MR) is 70.1 cm³/mol. The molecule has 1 aromatic carbocycles. The van der Waals surface area contributed by atoms with Gasteiger partial charge < -0.3 is 15.6 Å². The van der Waals surface area contributed by atoms with Gasteiger partial charge in [0.2, 0.25) is 0 Å². The molecule has 0 aromatic heterocycles. The summed E-state index contributed by atoms with van der Waals surface area (Å²) in [6.45, 7) is 6.18. The van der Waals surface area contributed by atoms with Crippen molar-refractivity contribution in [1.82, 2.24) is 0 Å². The Kier molecular flexibility index (Phi) is 4.97. The maximum atomic E-state index is 10.6. The Balaban J connectivity index is 3.09. The molecule has 0 fully saturated rings. The van der Waals surface area contributed by atoms with Crippen LogP contribution >= 0.6 is 0 Å². The number of hydrogen-bond acceptors (Lipinski definition) is 3. The van der Waals surface area contributed by atoms with Crippen LogP contribution in [0, 0.1) is 0 Å². The third-order valence-corrected chi connectivity index (χ3v) is 2.75. The fourth-order valence-corrected chi connectivity index (χ4v) is 1.97. The first-order valence-corrected chi connectivity index (χ1v) is 6.22. The van der Waals surface area contributed by atoms with Crippen LogP contribution in [-0.2, 0) is 5.60 Å². The topological polar surface area (TPSA) is 55.5 Å². The van der Waals surface area contributed by atoms with Crippen molar-refractivity contribution >= 4 is 0 Å². The van der Waals surface area contributed by atoms with Crippen LogP contribution in [0.2, 0.25) is 0 Å². The van der Waals surface area contributed by atoms with E-state index < -0.39 is 5.60 Å². The van der Waals surface area contributed by atoms with Crippen LogP contribution in [0.1, 0.15) is 39.2 Å². The quantitative estimate of drug-likeness (QED) is 0.799. The van der Waals surface area contributed by atoms with Gasteiger partial charge in [0.1, 0.15) is 11.4 Å². The van der Waals surface area contributed by atoms with E-state index in [1.54, 1.807) is 0 Å². The number of para-hydroxylation sites is 1. The van der Waals surface area contributed by atoms with Crippen molar-refractivity contribution in [3.05, 3.63) is 29.8 Å². The molecule has 0 amide bonds. The Hall–Kier alpha value is -1.06. The summed E-state index contributed by atoms with van der Waals surface area (Å²) in [4.78, 5) is 0. The van der Waals surface area contributed by atoms with Crippen LogP contribution in [0.3, 0.4) is 0 Å². The van der Waals surface area contributed by atoms with Crippen molar-refractivity contribution in [1.29, 1.82) is 0 Å². The molecule has 1 atom stereocenters. The second-order valence-electron chi connectivity index (χ2n) is 4.65. The normalized spacial score (nSPS) is 14.7. The predicted octanol–water partition coefficient (Wildman–Crippen LogP) is 2.42. The average molecular weight is 237 g/mol. The minimum absolute atomic E-state index is 0.0831. The Morgan fingerprint density at radius 3 is 2.53 bits per heavy atom. The molecular weight excluding hydrogens is 214 g/mol. The van der Waals surface area contributed by atoms with Gasteiger partial charge in [0.15, 0.2) is 0 Å². The standard InChI is InChI=1S/C14H23NO2/c1-4-9-14(16,10-15)12-7-5-6-8-13(12)17-11(2)3/h5-8,11,16H,4,9-10,15H2,1-3H3. The summed E-state index contributed by atoms with van der Waals surface area (Å²) in [5.41, 5.74) is 5.52. The van der Waals surface area contributed by atoms with Crippen LogP contribution in [0.4, 0.5) is 0 Å². The zero-order valence-electron chi connectivity index (χ0n) is 10.9. The summed E-state index contributed by atoms with van der Waals surface area (Å²) in [6, 6.07) is 7.58. The maximum absolute atomic E-state index is 10.6. The molecule has 0 saturated carbocycles. The van der Waals surface area contributed by atoms with E-state index in [9.17, 15) is 5.11 Å². The van der Waals surface area contributed by atoms with Crippen molar-refractivity contribution in [3.8, 4) is 5.75 Å². The number of nitrogens with two attached hydrogens (primary N) is 1. The Morgan fingerprint density at radius 2 is 2.00 bits per heavy atom. The lowest BCUT2D eigenvalue weighted by Crippen LogP contribution is -2.35. The highest BCUT2D eigenvalue weighted by Gasteiger charge is 2.29. The van der Waals surface area contributed by atoms with E-state index in [0.29, 0.717) is 6.42 Å². The average Bonchev–Trinajstić information content (AvgIpc) is 2.29. The second kappa shape index (κ2) is 6.03. The summed E-state index contributed by atoms with van der Waals surface area (Å²) in [6.07, 6.45) is 1.60. The molecule has 1 aromatic rings. The zero-order chi connectivity index (χ0) is 12.9. The summed E-state index contributed by atoms with van der Waals surface area (Å²) in [5, 5.41) is 10.6. The molecule has 17 heavy (non-hydrogen) atoms. The second-order valence-corrected chi connectivity index (χ2v) is 4.65. The van der Waals surface area contributed by atoms with E-state index in [2.05, 4.69) is 0 Å². The van der Waals surface area contributed by atoms with Gasteiger partial charge in [0.05, 0.1) is 6.10 Å². The van der Waals surface area contributed by atoms with Gasteiger partial charge in [-0.05, 0) is 26.3 Å². The van der Waals surface area contributed by atoms with E-state index in [4.69, 9.17) is 10.5 Å². The first-order chi connectivity index (χ1) is 8.03. The Labute approximate surface area is 104 Å². The van der Waals surface area contributed by atoms with Gasteiger partial charge in [0.25, 0.3) is 0 Å². The third-order valence-electron chi connectivity index (χ3n) is 2.75. The Morgan fingerprint density at radius 1 is 1.35 bits per heavy atom. The SMILES string of the molecule is CCCC(O)(CN)c1ccccc1OC(C)C. The lowest BCUT2D eigenvalue weighted by Gasteiger charge is -2.29. The van der Waals surface area contributed by atoms with Crippen molar-refractivity contribution < 1.29 is 9.84 Å². The molecule has 0 aliphatic rings. The zero-order valence-corrected chi connectivity index (χ0v) is 10.9. The van der Waals surface area contributed by atoms with Crippen LogP contribution < -0.4 is 10.5 Å². The van der Waals surface area contributed by atoms with Crippen molar-refractivity contribution in [3.63, 3.8) is 0 Å². The molecule has 0 spiro atoms. The van der Waals surface area contributed by atoms with Gasteiger partial charge in [-0.25, -0.2) is 0 Å². The number of benzene rings is 1. The molecule has 0 heterocycles. The smallest absolute Gasteiger partial charge is 0.125 e. The van der Waals surface area contributed by atoms with Crippen LogP contribution in [0.5, 0.6) is 5.75 Å². The van der Waals surface area contributed by atoms with Gasteiger partial charge in [-0.1, -0.05) is 31.5 Å². The number of aliphatic hydroxyl groups is 1. The first kappa shape index (κ1) is 14.0. The molecule has 0 aliphatic carbocycles. The number of rotatable bonds is 6. The number of hydrogen-bond donors (Lipinski definition) is 2. The highest BCUT2D eigenvalue weighted by Crippen LogP contribution is 2.33. The molecular formula is C14H23NO2. The van der Waals surface area contributed by atoms with Gasteiger partial charge in [-0.15, -0.1) is 0 Å². The molecule has 1 rings (SSSR count). The van der Waals surface area contributed by atoms with Gasteiger partial charge in [-0.3, -0.25) is 0 Å². The fraction of sp³-hybridized carbons (Fsp3) is 0.571. The molecule has 1 unspecified atom stereocenters. The van der Waals surface area contributed by atoms with Gasteiger partial charge in [-0.2, -0.15) is 0 Å². The molecule has 0 radical (unpaired) electrons. The van der Waals surface area contributed by atoms with Crippen molar-refractivity contribution in [2.24, 2.45) is 5.73 Å². The summed E-state index contributed by atoms with van der Waals surface area (Å²) in [5.74, 6) is 0.726. The van der Waals surface area contributed by atoms with E-state index in [1.165, 1.54) is 0 Å². The molecule has 96 valence electrons. The third kappa shape index (κ3) is 3.45. The minimum atomic E-state index is -0.986. The van der Waals surface area contributed by atoms with E-state index in [0.717, 1.165) is 17.7 Å². The number of ether oxygens (including phenoxy) is 1. The lowest BCUT2D eigenvalue weighted by atomic mass is 9.88. The van der Waals surface area contributed by atoms with E-state index in [-0.39, 0.29) is 12.6 Å². The van der Waals surface area contributed by atoms with Crippen molar-refractivity contribution in [2.75, 3.05) is 6.54 Å². The van der Waals surface area contributed by atoms with E-state index >= 15 is 0 Å². The molecule has 0 bridgehead atoms.